The molecule has 0 aliphatic heterocycles. The molecule has 3 aromatic rings. The molecule has 0 radical (unpaired) electrons. The smallest absolute Gasteiger partial charge is 0.280 e. The summed E-state index contributed by atoms with van der Waals surface area (Å²) in [5, 5.41) is 13.7. The summed E-state index contributed by atoms with van der Waals surface area (Å²) in [4.78, 5) is 12.2. The average molecular weight is 434 g/mol. The highest BCUT2D eigenvalue weighted by atomic mass is 16.5. The number of nitrogens with one attached hydrogen (secondary N) is 1. The first-order valence-electron chi connectivity index (χ1n) is 10.3. The van der Waals surface area contributed by atoms with Crippen LogP contribution in [0.1, 0.15) is 25.0 Å². The maximum Gasteiger partial charge on any atom is 0.280 e. The summed E-state index contributed by atoms with van der Waals surface area (Å²) in [6, 6.07) is 21.8. The van der Waals surface area contributed by atoms with Gasteiger partial charge in [0.1, 0.15) is 18.1 Å². The number of rotatable bonds is 10. The molecule has 0 spiro atoms. The van der Waals surface area contributed by atoms with Gasteiger partial charge in [-0.1, -0.05) is 30.3 Å². The predicted octanol–water partition coefficient (Wildman–Crippen LogP) is 4.29. The van der Waals surface area contributed by atoms with E-state index in [4.69, 9.17) is 14.2 Å². The average Bonchev–Trinajstić information content (AvgIpc) is 2.81. The van der Waals surface area contributed by atoms with Crippen LogP contribution in [0.15, 0.2) is 77.9 Å². The second-order valence-electron chi connectivity index (χ2n) is 6.90. The normalized spacial score (nSPS) is 11.7. The molecule has 32 heavy (non-hydrogen) atoms. The fourth-order valence-electron chi connectivity index (χ4n) is 2.76. The maximum atomic E-state index is 12.2. The van der Waals surface area contributed by atoms with Gasteiger partial charge in [0.25, 0.3) is 5.91 Å². The molecule has 0 fully saturated rings. The highest BCUT2D eigenvalue weighted by Gasteiger charge is 2.14. The van der Waals surface area contributed by atoms with Gasteiger partial charge in [0.05, 0.1) is 12.8 Å². The van der Waals surface area contributed by atoms with E-state index in [2.05, 4.69) is 10.5 Å². The molecule has 0 heterocycles. The zero-order chi connectivity index (χ0) is 22.8. The summed E-state index contributed by atoms with van der Waals surface area (Å²) in [5.74, 6) is 1.27. The van der Waals surface area contributed by atoms with E-state index in [0.29, 0.717) is 36.0 Å². The van der Waals surface area contributed by atoms with Crippen molar-refractivity contribution in [1.29, 1.82) is 0 Å². The Labute approximate surface area is 187 Å². The van der Waals surface area contributed by atoms with Crippen LogP contribution in [0.25, 0.3) is 0 Å². The Kier molecular flexibility index (Phi) is 8.09. The Hall–Kier alpha value is -4.00. The van der Waals surface area contributed by atoms with E-state index in [9.17, 15) is 9.90 Å². The lowest BCUT2D eigenvalue weighted by atomic mass is 10.2. The standard InChI is InChI=1S/C25H26N2O5/c1-3-30-24-15-20(9-14-23(24)28)16-26-27-25(29)18(2)32-22-12-10-21(11-13-22)31-17-19-7-5-4-6-8-19/h4-16,18,28H,3,17H2,1-2H3,(H,27,29)/b26-16+. The van der Waals surface area contributed by atoms with Crippen molar-refractivity contribution in [3.05, 3.63) is 83.9 Å². The molecule has 0 aromatic heterocycles. The molecule has 0 aliphatic rings. The molecule has 2 N–H and O–H groups in total. The number of hydrazone groups is 1. The van der Waals surface area contributed by atoms with Crippen molar-refractivity contribution in [1.82, 2.24) is 5.43 Å². The quantitative estimate of drug-likeness (QED) is 0.367. The van der Waals surface area contributed by atoms with E-state index in [1.165, 1.54) is 12.3 Å². The van der Waals surface area contributed by atoms with Crippen LogP contribution in [-0.4, -0.2) is 29.9 Å². The van der Waals surface area contributed by atoms with Gasteiger partial charge in [0, 0.05) is 0 Å². The number of nitrogens with zero attached hydrogens (tertiary/aromatic N) is 1. The van der Waals surface area contributed by atoms with Crippen molar-refractivity contribution >= 4 is 12.1 Å². The van der Waals surface area contributed by atoms with Crippen LogP contribution in [0.2, 0.25) is 0 Å². The number of phenolic OH excluding ortho intramolecular Hbond substituents is 1. The molecule has 1 amide bonds. The minimum absolute atomic E-state index is 0.0477. The SMILES string of the molecule is CCOc1cc(/C=N/NC(=O)C(C)Oc2ccc(OCc3ccccc3)cc2)ccc1O. The number of hydrogen-bond donors (Lipinski definition) is 2. The lowest BCUT2D eigenvalue weighted by molar-refractivity contribution is -0.127. The molecular formula is C25H26N2O5. The molecule has 0 bridgehead atoms. The molecule has 3 rings (SSSR count). The van der Waals surface area contributed by atoms with Crippen LogP contribution in [0.5, 0.6) is 23.0 Å². The van der Waals surface area contributed by atoms with Crippen molar-refractivity contribution in [2.24, 2.45) is 5.10 Å². The van der Waals surface area contributed by atoms with E-state index in [0.717, 1.165) is 5.56 Å². The number of carbonyl (C=O) groups is 1. The van der Waals surface area contributed by atoms with Crippen LogP contribution >= 0.6 is 0 Å². The molecular weight excluding hydrogens is 408 g/mol. The third kappa shape index (κ3) is 6.77. The lowest BCUT2D eigenvalue weighted by Gasteiger charge is -2.13. The van der Waals surface area contributed by atoms with Crippen molar-refractivity contribution < 1.29 is 24.1 Å². The fourth-order valence-corrected chi connectivity index (χ4v) is 2.76. The van der Waals surface area contributed by atoms with Gasteiger partial charge >= 0.3 is 0 Å². The van der Waals surface area contributed by atoms with Crippen LogP contribution in [0.3, 0.4) is 0 Å². The minimum Gasteiger partial charge on any atom is -0.504 e. The summed E-state index contributed by atoms with van der Waals surface area (Å²) < 4.78 is 16.7. The largest absolute Gasteiger partial charge is 0.504 e. The molecule has 0 aliphatic carbocycles. The number of benzene rings is 3. The predicted molar refractivity (Wildman–Crippen MR) is 122 cm³/mol. The molecule has 166 valence electrons. The number of phenols is 1. The van der Waals surface area contributed by atoms with E-state index in [-0.39, 0.29) is 5.75 Å². The first-order valence-corrected chi connectivity index (χ1v) is 10.3. The maximum absolute atomic E-state index is 12.2. The Balaban J connectivity index is 1.47. The second kappa shape index (κ2) is 11.4. The highest BCUT2D eigenvalue weighted by molar-refractivity contribution is 5.84. The van der Waals surface area contributed by atoms with Gasteiger partial charge in [-0.2, -0.15) is 5.10 Å². The van der Waals surface area contributed by atoms with Crippen molar-refractivity contribution in [2.75, 3.05) is 6.61 Å². The van der Waals surface area contributed by atoms with Crippen molar-refractivity contribution in [3.63, 3.8) is 0 Å². The Morgan fingerprint density at radius 3 is 2.47 bits per heavy atom. The summed E-state index contributed by atoms with van der Waals surface area (Å²) in [7, 11) is 0. The molecule has 1 atom stereocenters. The summed E-state index contributed by atoms with van der Waals surface area (Å²) >= 11 is 0. The summed E-state index contributed by atoms with van der Waals surface area (Å²) in [6.45, 7) is 4.37. The van der Waals surface area contributed by atoms with Crippen molar-refractivity contribution in [3.8, 4) is 23.0 Å². The first kappa shape index (κ1) is 22.7. The van der Waals surface area contributed by atoms with E-state index < -0.39 is 12.0 Å². The number of hydrogen-bond acceptors (Lipinski definition) is 6. The van der Waals surface area contributed by atoms with Gasteiger partial charge in [-0.3, -0.25) is 4.79 Å². The van der Waals surface area contributed by atoms with Crippen LogP contribution in [-0.2, 0) is 11.4 Å². The molecule has 0 saturated carbocycles. The topological polar surface area (TPSA) is 89.4 Å². The molecule has 7 heteroatoms. The molecule has 3 aromatic carbocycles. The van der Waals surface area contributed by atoms with Gasteiger partial charge < -0.3 is 19.3 Å². The van der Waals surface area contributed by atoms with E-state index in [1.54, 1.807) is 43.3 Å². The number of carbonyl (C=O) groups excluding carboxylic acids is 1. The van der Waals surface area contributed by atoms with Crippen molar-refractivity contribution in [2.45, 2.75) is 26.6 Å². The molecule has 0 saturated heterocycles. The van der Waals surface area contributed by atoms with E-state index in [1.807, 2.05) is 37.3 Å². The number of aromatic hydroxyl groups is 1. The highest BCUT2D eigenvalue weighted by Crippen LogP contribution is 2.26. The van der Waals surface area contributed by atoms with Crippen LogP contribution in [0.4, 0.5) is 0 Å². The van der Waals surface area contributed by atoms with Crippen LogP contribution in [0, 0.1) is 0 Å². The third-order valence-corrected chi connectivity index (χ3v) is 4.43. The zero-order valence-electron chi connectivity index (χ0n) is 18.0. The Bertz CT molecular complexity index is 1040. The second-order valence-corrected chi connectivity index (χ2v) is 6.90. The third-order valence-electron chi connectivity index (χ3n) is 4.43. The molecule has 1 unspecified atom stereocenters. The first-order chi connectivity index (χ1) is 15.5. The lowest BCUT2D eigenvalue weighted by Crippen LogP contribution is -2.33. The Morgan fingerprint density at radius 1 is 1.03 bits per heavy atom. The monoisotopic (exact) mass is 434 g/mol. The summed E-state index contributed by atoms with van der Waals surface area (Å²) in [6.07, 6.45) is 0.716. The van der Waals surface area contributed by atoms with Gasteiger partial charge in [-0.15, -0.1) is 0 Å². The molecule has 7 nitrogen and oxygen atoms in total. The summed E-state index contributed by atoms with van der Waals surface area (Å²) in [5.41, 5.74) is 4.20. The van der Waals surface area contributed by atoms with Gasteiger partial charge in [0.2, 0.25) is 0 Å². The minimum atomic E-state index is -0.748. The number of amides is 1. The van der Waals surface area contributed by atoms with Gasteiger partial charge in [-0.05, 0) is 67.4 Å². The van der Waals surface area contributed by atoms with Crippen LogP contribution < -0.4 is 19.6 Å². The fraction of sp³-hybridized carbons (Fsp3) is 0.200. The van der Waals surface area contributed by atoms with Gasteiger partial charge in [0.15, 0.2) is 17.6 Å². The van der Waals surface area contributed by atoms with Gasteiger partial charge in [-0.25, -0.2) is 5.43 Å². The van der Waals surface area contributed by atoms with E-state index >= 15 is 0 Å². The number of ether oxygens (including phenoxy) is 3. The Morgan fingerprint density at radius 2 is 1.75 bits per heavy atom. The zero-order valence-corrected chi connectivity index (χ0v) is 18.0.